The molecule has 1 atom stereocenters. The molecule has 0 spiro atoms. The number of hydrogen-bond acceptors (Lipinski definition) is 4. The molecule has 1 unspecified atom stereocenters. The molecule has 0 aromatic heterocycles. The molecule has 2 amide bonds. The van der Waals surface area contributed by atoms with Crippen molar-refractivity contribution in [3.05, 3.63) is 120 Å². The highest BCUT2D eigenvalue weighted by atomic mass is 19.1. The molecule has 1 aliphatic heterocycles. The topological polar surface area (TPSA) is 70.7 Å². The van der Waals surface area contributed by atoms with Crippen molar-refractivity contribution in [3.63, 3.8) is 0 Å². The zero-order valence-corrected chi connectivity index (χ0v) is 18.6. The van der Waals surface area contributed by atoms with Gasteiger partial charge in [0.1, 0.15) is 17.7 Å². The average Bonchev–Trinajstić information content (AvgIpc) is 2.89. The van der Waals surface area contributed by atoms with E-state index in [4.69, 9.17) is 4.74 Å². The van der Waals surface area contributed by atoms with Gasteiger partial charge in [-0.1, -0.05) is 42.5 Å². The van der Waals surface area contributed by atoms with Gasteiger partial charge in [0.15, 0.2) is 6.61 Å². The molecular weight excluding hydrogens is 445 g/mol. The van der Waals surface area contributed by atoms with Gasteiger partial charge in [-0.15, -0.1) is 0 Å². The van der Waals surface area contributed by atoms with Crippen LogP contribution in [0.25, 0.3) is 0 Å². The summed E-state index contributed by atoms with van der Waals surface area (Å²) in [4.78, 5) is 27.5. The molecule has 6 nitrogen and oxygen atoms in total. The maximum Gasteiger partial charge on any atom is 0.262 e. The molecule has 0 radical (unpaired) electrons. The van der Waals surface area contributed by atoms with Gasteiger partial charge in [0.05, 0.1) is 5.56 Å². The second kappa shape index (κ2) is 9.69. The number of carbonyl (C=O) groups is 2. The van der Waals surface area contributed by atoms with Gasteiger partial charge >= 0.3 is 0 Å². The highest BCUT2D eigenvalue weighted by molar-refractivity contribution is 6.12. The first kappa shape index (κ1) is 22.2. The number of anilines is 3. The Hall–Kier alpha value is -4.65. The minimum Gasteiger partial charge on any atom is -0.484 e. The van der Waals surface area contributed by atoms with Crippen LogP contribution in [0.3, 0.4) is 0 Å². The number of nitrogens with zero attached hydrogens (tertiary/aromatic N) is 1. The van der Waals surface area contributed by atoms with Crippen molar-refractivity contribution in [2.75, 3.05) is 22.1 Å². The van der Waals surface area contributed by atoms with Crippen LogP contribution in [0.4, 0.5) is 21.5 Å². The van der Waals surface area contributed by atoms with Crippen LogP contribution in [0.5, 0.6) is 5.75 Å². The number of para-hydroxylation sites is 2. The summed E-state index contributed by atoms with van der Waals surface area (Å²) in [6.45, 7) is -0.219. The predicted molar refractivity (Wildman–Crippen MR) is 133 cm³/mol. The Bertz CT molecular complexity index is 1360. The predicted octanol–water partition coefficient (Wildman–Crippen LogP) is 5.61. The first-order valence-corrected chi connectivity index (χ1v) is 11.1. The average molecular weight is 468 g/mol. The normalized spacial score (nSPS) is 14.6. The SMILES string of the molecule is O=C(COc1cccc(C2Nc3ccccc3C(=O)N2c2ccccc2)c1)Nc1ccc(F)cc1. The van der Waals surface area contributed by atoms with E-state index in [1.807, 2.05) is 60.7 Å². The minimum absolute atomic E-state index is 0.111. The van der Waals surface area contributed by atoms with E-state index < -0.39 is 6.17 Å². The number of fused-ring (bicyclic) bond motifs is 1. The van der Waals surface area contributed by atoms with Gasteiger partial charge in [-0.2, -0.15) is 0 Å². The molecule has 0 bridgehead atoms. The lowest BCUT2D eigenvalue weighted by atomic mass is 10.0. The lowest BCUT2D eigenvalue weighted by molar-refractivity contribution is -0.118. The number of nitrogens with one attached hydrogen (secondary N) is 2. The van der Waals surface area contributed by atoms with E-state index in [-0.39, 0.29) is 24.2 Å². The fourth-order valence-electron chi connectivity index (χ4n) is 4.00. The molecular formula is C28H22FN3O3. The highest BCUT2D eigenvalue weighted by Gasteiger charge is 2.34. The Balaban J connectivity index is 1.37. The summed E-state index contributed by atoms with van der Waals surface area (Å²) in [5, 5.41) is 6.13. The van der Waals surface area contributed by atoms with Crippen LogP contribution in [-0.4, -0.2) is 18.4 Å². The molecule has 0 fully saturated rings. The highest BCUT2D eigenvalue weighted by Crippen LogP contribution is 2.37. The Kier molecular flexibility index (Phi) is 6.13. The third kappa shape index (κ3) is 4.84. The van der Waals surface area contributed by atoms with E-state index in [9.17, 15) is 14.0 Å². The molecule has 174 valence electrons. The molecule has 0 saturated carbocycles. The van der Waals surface area contributed by atoms with E-state index in [1.54, 1.807) is 23.1 Å². The standard InChI is InChI=1S/C28H22FN3O3/c29-20-13-15-21(16-14-20)30-26(33)18-35-23-10-6-7-19(17-23)27-31-25-12-5-4-11-24(25)28(34)32(27)22-8-2-1-3-9-22/h1-17,27,31H,18H2,(H,30,33). The Morgan fingerprint density at radius 3 is 2.46 bits per heavy atom. The van der Waals surface area contributed by atoms with Crippen molar-refractivity contribution < 1.29 is 18.7 Å². The van der Waals surface area contributed by atoms with Crippen LogP contribution in [0.2, 0.25) is 0 Å². The van der Waals surface area contributed by atoms with Crippen LogP contribution in [0.15, 0.2) is 103 Å². The summed E-state index contributed by atoms with van der Waals surface area (Å²) in [6, 6.07) is 29.6. The molecule has 35 heavy (non-hydrogen) atoms. The summed E-state index contributed by atoms with van der Waals surface area (Å²) in [7, 11) is 0. The fraction of sp³-hybridized carbons (Fsp3) is 0.0714. The van der Waals surface area contributed by atoms with Gasteiger partial charge in [0.2, 0.25) is 0 Å². The third-order valence-corrected chi connectivity index (χ3v) is 5.63. The number of benzene rings is 4. The lowest BCUT2D eigenvalue weighted by Gasteiger charge is -2.38. The second-order valence-electron chi connectivity index (χ2n) is 8.02. The minimum atomic E-state index is -0.476. The van der Waals surface area contributed by atoms with Crippen molar-refractivity contribution in [2.45, 2.75) is 6.17 Å². The molecule has 4 aromatic carbocycles. The van der Waals surface area contributed by atoms with E-state index in [0.29, 0.717) is 17.0 Å². The van der Waals surface area contributed by atoms with Crippen LogP contribution in [0, 0.1) is 5.82 Å². The second-order valence-corrected chi connectivity index (χ2v) is 8.02. The van der Waals surface area contributed by atoms with E-state index >= 15 is 0 Å². The van der Waals surface area contributed by atoms with Gasteiger partial charge in [-0.25, -0.2) is 4.39 Å². The van der Waals surface area contributed by atoms with E-state index in [1.165, 1.54) is 24.3 Å². The smallest absolute Gasteiger partial charge is 0.262 e. The molecule has 0 saturated heterocycles. The molecule has 4 aromatic rings. The van der Waals surface area contributed by atoms with Crippen molar-refractivity contribution in [1.82, 2.24) is 0 Å². The van der Waals surface area contributed by atoms with Gasteiger partial charge in [-0.3, -0.25) is 14.5 Å². The lowest BCUT2D eigenvalue weighted by Crippen LogP contribution is -2.43. The maximum absolute atomic E-state index is 13.5. The zero-order chi connectivity index (χ0) is 24.2. The van der Waals surface area contributed by atoms with Gasteiger partial charge in [0.25, 0.3) is 11.8 Å². The molecule has 1 heterocycles. The fourth-order valence-corrected chi connectivity index (χ4v) is 4.00. The van der Waals surface area contributed by atoms with Crippen molar-refractivity contribution in [2.24, 2.45) is 0 Å². The van der Waals surface area contributed by atoms with Crippen LogP contribution >= 0.6 is 0 Å². The first-order chi connectivity index (χ1) is 17.1. The number of hydrogen-bond donors (Lipinski definition) is 2. The van der Waals surface area contributed by atoms with Gasteiger partial charge in [0, 0.05) is 17.1 Å². The third-order valence-electron chi connectivity index (χ3n) is 5.63. The van der Waals surface area contributed by atoms with Crippen molar-refractivity contribution >= 4 is 28.9 Å². The van der Waals surface area contributed by atoms with E-state index in [0.717, 1.165) is 16.9 Å². The van der Waals surface area contributed by atoms with Gasteiger partial charge in [-0.05, 0) is 66.2 Å². The summed E-state index contributed by atoms with van der Waals surface area (Å²) in [5.74, 6) is -0.371. The number of rotatable bonds is 6. The number of halogens is 1. The largest absolute Gasteiger partial charge is 0.484 e. The molecule has 0 aliphatic carbocycles. The van der Waals surface area contributed by atoms with Crippen molar-refractivity contribution in [1.29, 1.82) is 0 Å². The Morgan fingerprint density at radius 2 is 1.66 bits per heavy atom. The Morgan fingerprint density at radius 1 is 0.914 bits per heavy atom. The first-order valence-electron chi connectivity index (χ1n) is 11.1. The molecule has 7 heteroatoms. The molecule has 2 N–H and O–H groups in total. The monoisotopic (exact) mass is 467 g/mol. The van der Waals surface area contributed by atoms with Crippen LogP contribution in [-0.2, 0) is 4.79 Å². The Labute approximate surface area is 202 Å². The quantitative estimate of drug-likeness (QED) is 0.387. The summed E-state index contributed by atoms with van der Waals surface area (Å²) >= 11 is 0. The number of amides is 2. The molecule has 1 aliphatic rings. The summed E-state index contributed by atoms with van der Waals surface area (Å²) in [5.41, 5.74) is 3.38. The zero-order valence-electron chi connectivity index (χ0n) is 18.6. The summed E-state index contributed by atoms with van der Waals surface area (Å²) < 4.78 is 18.8. The van der Waals surface area contributed by atoms with Crippen LogP contribution in [0.1, 0.15) is 22.1 Å². The number of carbonyl (C=O) groups excluding carboxylic acids is 2. The maximum atomic E-state index is 13.5. The molecule has 5 rings (SSSR count). The number of ether oxygens (including phenoxy) is 1. The van der Waals surface area contributed by atoms with Crippen LogP contribution < -0.4 is 20.3 Å². The van der Waals surface area contributed by atoms with Crippen molar-refractivity contribution in [3.8, 4) is 5.75 Å². The van der Waals surface area contributed by atoms with E-state index in [2.05, 4.69) is 10.6 Å². The summed E-state index contributed by atoms with van der Waals surface area (Å²) in [6.07, 6.45) is -0.476. The van der Waals surface area contributed by atoms with Gasteiger partial charge < -0.3 is 15.4 Å².